The van der Waals surface area contributed by atoms with Crippen LogP contribution in [0.15, 0.2) is 67.1 Å². The Morgan fingerprint density at radius 3 is 2.47 bits per heavy atom. The van der Waals surface area contributed by atoms with Crippen LogP contribution in [0.5, 0.6) is 5.75 Å². The Balaban J connectivity index is 1.02. The van der Waals surface area contributed by atoms with Crippen LogP contribution in [0.4, 0.5) is 5.95 Å². The molecule has 186 valence electrons. The topological polar surface area (TPSA) is 100 Å². The second kappa shape index (κ2) is 11.2. The maximum Gasteiger partial charge on any atom is 0.248 e. The molecule has 0 atom stereocenters. The van der Waals surface area contributed by atoms with Crippen molar-refractivity contribution in [2.75, 3.05) is 37.6 Å². The maximum absolute atomic E-state index is 11.2. The minimum Gasteiger partial charge on any atom is -0.486 e. The first kappa shape index (κ1) is 23.8. The number of ether oxygens (including phenoxy) is 1. The summed E-state index contributed by atoms with van der Waals surface area (Å²) in [6.45, 7) is 5.40. The van der Waals surface area contributed by atoms with Gasteiger partial charge in [0.1, 0.15) is 6.61 Å². The number of aryl methyl sites for hydroxylation is 1. The summed E-state index contributed by atoms with van der Waals surface area (Å²) in [5, 5.41) is 1.35. The van der Waals surface area contributed by atoms with E-state index in [2.05, 4.69) is 55.2 Å². The van der Waals surface area contributed by atoms with Gasteiger partial charge < -0.3 is 20.4 Å². The van der Waals surface area contributed by atoms with Crippen molar-refractivity contribution in [3.63, 3.8) is 0 Å². The van der Waals surface area contributed by atoms with E-state index in [1.54, 1.807) is 24.5 Å². The van der Waals surface area contributed by atoms with Crippen LogP contribution < -0.4 is 15.4 Å². The third kappa shape index (κ3) is 5.83. The summed E-state index contributed by atoms with van der Waals surface area (Å²) >= 11 is 0. The minimum atomic E-state index is -0.436. The molecule has 0 unspecified atom stereocenters. The van der Waals surface area contributed by atoms with Gasteiger partial charge in [0.05, 0.1) is 12.4 Å². The number of unbranched alkanes of at least 4 members (excludes halogenated alkanes) is 1. The second-order valence-electron chi connectivity index (χ2n) is 9.21. The maximum atomic E-state index is 11.2. The molecule has 0 saturated carbocycles. The highest BCUT2D eigenvalue weighted by Gasteiger charge is 2.18. The normalized spacial score (nSPS) is 14.3. The number of nitrogens with two attached hydrogens (primary N) is 1. The molecule has 4 aromatic rings. The van der Waals surface area contributed by atoms with E-state index in [0.717, 1.165) is 50.7 Å². The molecule has 0 radical (unpaired) electrons. The summed E-state index contributed by atoms with van der Waals surface area (Å²) in [6, 6.07) is 15.6. The van der Waals surface area contributed by atoms with Crippen LogP contribution in [0.25, 0.3) is 10.9 Å². The van der Waals surface area contributed by atoms with Crippen LogP contribution in [0.1, 0.15) is 34.3 Å². The number of amides is 1. The van der Waals surface area contributed by atoms with Gasteiger partial charge in [0.25, 0.3) is 0 Å². The predicted octanol–water partition coefficient (Wildman–Crippen LogP) is 3.78. The zero-order chi connectivity index (χ0) is 24.7. The number of carbonyl (C=O) groups is 1. The lowest BCUT2D eigenvalue weighted by Gasteiger charge is -2.34. The first-order valence-electron chi connectivity index (χ1n) is 12.5. The van der Waals surface area contributed by atoms with Gasteiger partial charge in [-0.25, -0.2) is 9.97 Å². The first-order chi connectivity index (χ1) is 17.7. The van der Waals surface area contributed by atoms with Crippen LogP contribution in [0.3, 0.4) is 0 Å². The number of nitrogens with zero attached hydrogens (tertiary/aromatic N) is 4. The number of H-pyrrole nitrogens is 1. The summed E-state index contributed by atoms with van der Waals surface area (Å²) in [5.41, 5.74) is 9.35. The molecule has 2 aromatic carbocycles. The molecule has 3 heterocycles. The zero-order valence-electron chi connectivity index (χ0n) is 20.4. The van der Waals surface area contributed by atoms with Crippen molar-refractivity contribution in [3.8, 4) is 5.75 Å². The number of para-hydroxylation sites is 1. The third-order valence-corrected chi connectivity index (χ3v) is 6.76. The molecule has 0 spiro atoms. The molecule has 0 aliphatic carbocycles. The Labute approximate surface area is 211 Å². The summed E-state index contributed by atoms with van der Waals surface area (Å²) in [7, 11) is 0. The lowest BCUT2D eigenvalue weighted by molar-refractivity contribution is 0.1000. The Morgan fingerprint density at radius 2 is 1.72 bits per heavy atom. The Hall–Kier alpha value is -3.91. The van der Waals surface area contributed by atoms with Crippen LogP contribution in [0, 0.1) is 0 Å². The minimum absolute atomic E-state index is 0.376. The highest BCUT2D eigenvalue weighted by Crippen LogP contribution is 2.20. The number of anilines is 1. The monoisotopic (exact) mass is 484 g/mol. The van der Waals surface area contributed by atoms with E-state index in [1.165, 1.54) is 29.3 Å². The average molecular weight is 485 g/mol. The molecular formula is C28H32N6O2. The number of piperazine rings is 1. The van der Waals surface area contributed by atoms with Crippen molar-refractivity contribution >= 4 is 22.8 Å². The summed E-state index contributed by atoms with van der Waals surface area (Å²) in [6.07, 6.45) is 9.11. The standard InChI is InChI=1S/C28H32N6O2/c29-27(35)22-10-8-21(9-11-22)20-36-24-18-31-28(32-19-24)34-15-13-33(14-16-34)12-4-3-5-23-17-30-26-7-2-1-6-25(23)26/h1-2,6-11,17-19,30H,3-5,12-16,20H2,(H2,29,35). The predicted molar refractivity (Wildman–Crippen MR) is 141 cm³/mol. The number of hydrogen-bond acceptors (Lipinski definition) is 6. The van der Waals surface area contributed by atoms with Crippen molar-refractivity contribution < 1.29 is 9.53 Å². The fourth-order valence-corrected chi connectivity index (χ4v) is 4.64. The molecule has 8 heteroatoms. The van der Waals surface area contributed by atoms with Gasteiger partial charge in [-0.05, 0) is 55.1 Å². The smallest absolute Gasteiger partial charge is 0.248 e. The molecule has 3 N–H and O–H groups in total. The summed E-state index contributed by atoms with van der Waals surface area (Å²) in [4.78, 5) is 28.3. The van der Waals surface area contributed by atoms with Crippen LogP contribution >= 0.6 is 0 Å². The number of benzene rings is 2. The van der Waals surface area contributed by atoms with E-state index >= 15 is 0 Å². The Morgan fingerprint density at radius 1 is 0.972 bits per heavy atom. The van der Waals surface area contributed by atoms with Crippen molar-refractivity contribution in [2.45, 2.75) is 25.9 Å². The van der Waals surface area contributed by atoms with Crippen LogP contribution in [0.2, 0.25) is 0 Å². The third-order valence-electron chi connectivity index (χ3n) is 6.76. The molecule has 1 aliphatic heterocycles. The molecule has 36 heavy (non-hydrogen) atoms. The zero-order valence-corrected chi connectivity index (χ0v) is 20.4. The number of carbonyl (C=O) groups excluding carboxylic acids is 1. The second-order valence-corrected chi connectivity index (χ2v) is 9.21. The van der Waals surface area contributed by atoms with Gasteiger partial charge >= 0.3 is 0 Å². The van der Waals surface area contributed by atoms with E-state index in [4.69, 9.17) is 10.5 Å². The van der Waals surface area contributed by atoms with Gasteiger partial charge in [-0.15, -0.1) is 0 Å². The van der Waals surface area contributed by atoms with Gasteiger partial charge in [-0.1, -0.05) is 30.3 Å². The van der Waals surface area contributed by atoms with E-state index < -0.39 is 5.91 Å². The largest absolute Gasteiger partial charge is 0.486 e. The molecule has 1 amide bonds. The lowest BCUT2D eigenvalue weighted by Crippen LogP contribution is -2.47. The SMILES string of the molecule is NC(=O)c1ccc(COc2cnc(N3CCN(CCCCc4c[nH]c5ccccc45)CC3)nc2)cc1. The van der Waals surface area contributed by atoms with Gasteiger partial charge in [0.2, 0.25) is 11.9 Å². The van der Waals surface area contributed by atoms with Gasteiger partial charge in [-0.2, -0.15) is 0 Å². The van der Waals surface area contributed by atoms with Gasteiger partial charge in [0.15, 0.2) is 5.75 Å². The highest BCUT2D eigenvalue weighted by atomic mass is 16.5. The molecule has 5 rings (SSSR count). The van der Waals surface area contributed by atoms with Crippen LogP contribution in [-0.2, 0) is 13.0 Å². The summed E-state index contributed by atoms with van der Waals surface area (Å²) in [5.74, 6) is 0.924. The van der Waals surface area contributed by atoms with E-state index in [0.29, 0.717) is 17.9 Å². The fraction of sp³-hybridized carbons (Fsp3) is 0.321. The number of hydrogen-bond donors (Lipinski definition) is 2. The Bertz CT molecular complexity index is 1280. The molecular weight excluding hydrogens is 452 g/mol. The molecule has 2 aromatic heterocycles. The lowest BCUT2D eigenvalue weighted by atomic mass is 10.1. The Kier molecular flexibility index (Phi) is 7.42. The number of aromatic amines is 1. The quantitative estimate of drug-likeness (QED) is 0.332. The van der Waals surface area contributed by atoms with E-state index in [9.17, 15) is 4.79 Å². The van der Waals surface area contributed by atoms with Gasteiger partial charge in [-0.3, -0.25) is 9.69 Å². The van der Waals surface area contributed by atoms with Crippen molar-refractivity contribution in [3.05, 3.63) is 83.8 Å². The summed E-state index contributed by atoms with van der Waals surface area (Å²) < 4.78 is 5.79. The van der Waals surface area contributed by atoms with Crippen molar-refractivity contribution in [1.82, 2.24) is 19.9 Å². The van der Waals surface area contributed by atoms with Crippen molar-refractivity contribution in [1.29, 1.82) is 0 Å². The van der Waals surface area contributed by atoms with Crippen molar-refractivity contribution in [2.24, 2.45) is 5.73 Å². The molecule has 8 nitrogen and oxygen atoms in total. The van der Waals surface area contributed by atoms with E-state index in [-0.39, 0.29) is 0 Å². The van der Waals surface area contributed by atoms with Crippen LogP contribution in [-0.4, -0.2) is 58.5 Å². The molecule has 0 bridgehead atoms. The number of fused-ring (bicyclic) bond motifs is 1. The van der Waals surface area contributed by atoms with Gasteiger partial charge in [0, 0.05) is 48.8 Å². The number of primary amides is 1. The molecule has 1 saturated heterocycles. The molecule has 1 fully saturated rings. The van der Waals surface area contributed by atoms with E-state index in [1.807, 2.05) is 12.1 Å². The average Bonchev–Trinajstić information content (AvgIpc) is 3.34. The number of aromatic nitrogens is 3. The first-order valence-corrected chi connectivity index (χ1v) is 12.5. The molecule has 1 aliphatic rings. The number of nitrogens with one attached hydrogen (secondary N) is 1. The number of rotatable bonds is 10. The highest BCUT2D eigenvalue weighted by molar-refractivity contribution is 5.92. The fourth-order valence-electron chi connectivity index (χ4n) is 4.64.